The fourth-order valence-electron chi connectivity index (χ4n) is 2.66. The number of hydrogen-bond acceptors (Lipinski definition) is 3. The van der Waals surface area contributed by atoms with E-state index in [0.29, 0.717) is 11.8 Å². The van der Waals surface area contributed by atoms with E-state index in [2.05, 4.69) is 49.6 Å². The summed E-state index contributed by atoms with van der Waals surface area (Å²) >= 11 is 11.9. The lowest BCUT2D eigenvalue weighted by Gasteiger charge is -2.37. The summed E-state index contributed by atoms with van der Waals surface area (Å²) in [5.41, 5.74) is 1.27. The van der Waals surface area contributed by atoms with Crippen molar-refractivity contribution >= 4 is 50.1 Å². The third kappa shape index (κ3) is 4.12. The number of pyridine rings is 1. The van der Waals surface area contributed by atoms with Crippen molar-refractivity contribution in [2.45, 2.75) is 25.4 Å². The van der Waals surface area contributed by atoms with Gasteiger partial charge in [-0.3, -0.25) is 0 Å². The van der Waals surface area contributed by atoms with Gasteiger partial charge in [-0.1, -0.05) is 33.6 Å². The lowest BCUT2D eigenvalue weighted by Crippen LogP contribution is -2.38. The first-order valence-electron chi connectivity index (χ1n) is 7.37. The Kier molecular flexibility index (Phi) is 5.69. The molecule has 0 spiro atoms. The molecular formula is C17H16BrClINO2. The predicted molar refractivity (Wildman–Crippen MR) is 104 cm³/mol. The lowest BCUT2D eigenvalue weighted by molar-refractivity contribution is 0.0456. The van der Waals surface area contributed by atoms with Crippen LogP contribution in [0.5, 0.6) is 11.6 Å². The fourth-order valence-corrected chi connectivity index (χ4v) is 4.04. The highest BCUT2D eigenvalue weighted by Crippen LogP contribution is 2.37. The molecule has 122 valence electrons. The summed E-state index contributed by atoms with van der Waals surface area (Å²) < 4.78 is 13.4. The van der Waals surface area contributed by atoms with Gasteiger partial charge < -0.3 is 9.47 Å². The van der Waals surface area contributed by atoms with Gasteiger partial charge in [0.25, 0.3) is 0 Å². The highest BCUT2D eigenvalue weighted by atomic mass is 127. The Balaban J connectivity index is 1.66. The molecule has 0 amide bonds. The number of methoxy groups -OCH3 is 1. The van der Waals surface area contributed by atoms with E-state index in [0.717, 1.165) is 31.7 Å². The zero-order valence-electron chi connectivity index (χ0n) is 12.6. The number of nitrogens with zero attached hydrogens (tertiary/aromatic N) is 1. The molecule has 0 bridgehead atoms. The van der Waals surface area contributed by atoms with E-state index in [-0.39, 0.29) is 6.10 Å². The molecule has 1 aliphatic carbocycles. The third-order valence-corrected chi connectivity index (χ3v) is 5.94. The first-order chi connectivity index (χ1) is 11.1. The first-order valence-corrected chi connectivity index (χ1v) is 9.62. The molecule has 3 nitrogen and oxygen atoms in total. The minimum absolute atomic E-state index is 0.237. The number of halogens is 3. The summed E-state index contributed by atoms with van der Waals surface area (Å²) in [4.78, 5) is 4.23. The van der Waals surface area contributed by atoms with Crippen LogP contribution in [0.4, 0.5) is 0 Å². The van der Waals surface area contributed by atoms with Gasteiger partial charge in [0.05, 0.1) is 16.9 Å². The molecule has 2 unspecified atom stereocenters. The molecule has 0 radical (unpaired) electrons. The number of hydrogen-bond donors (Lipinski definition) is 0. The van der Waals surface area contributed by atoms with Crippen molar-refractivity contribution in [1.82, 2.24) is 4.98 Å². The van der Waals surface area contributed by atoms with Crippen molar-refractivity contribution in [1.29, 1.82) is 0 Å². The molecule has 6 heteroatoms. The van der Waals surface area contributed by atoms with Gasteiger partial charge in [-0.25, -0.2) is 4.98 Å². The maximum Gasteiger partial charge on any atom is 0.214 e. The molecule has 0 N–H and O–H groups in total. The van der Waals surface area contributed by atoms with Crippen LogP contribution in [-0.2, 0) is 6.42 Å². The standard InChI is InChI=1S/C17H16BrClINO2/c1-22-17-8-14(20)16(9-21-17)23-15-5-3-11(15)6-10-2-4-12(19)7-13(10)18/h2,4,7-9,11,15H,3,5-6H2,1H3. The Labute approximate surface area is 163 Å². The second kappa shape index (κ2) is 7.57. The Morgan fingerprint density at radius 1 is 1.35 bits per heavy atom. The quantitative estimate of drug-likeness (QED) is 0.499. The Morgan fingerprint density at radius 2 is 2.17 bits per heavy atom. The van der Waals surface area contributed by atoms with Crippen LogP contribution in [0.2, 0.25) is 5.02 Å². The molecule has 1 aromatic carbocycles. The predicted octanol–water partition coefficient (Wildman–Crippen LogP) is 5.51. The Hall–Kier alpha value is -0.530. The van der Waals surface area contributed by atoms with E-state index in [4.69, 9.17) is 21.1 Å². The van der Waals surface area contributed by atoms with E-state index in [1.807, 2.05) is 18.2 Å². The lowest BCUT2D eigenvalue weighted by atomic mass is 9.78. The van der Waals surface area contributed by atoms with Gasteiger partial charge in [0, 0.05) is 21.5 Å². The van der Waals surface area contributed by atoms with Crippen LogP contribution in [0, 0.1) is 9.49 Å². The Bertz CT molecular complexity index is 713. The SMILES string of the molecule is COc1cc(I)c(OC2CCC2Cc2ccc(Cl)cc2Br)cn1. The number of aromatic nitrogens is 1. The van der Waals surface area contributed by atoms with E-state index in [1.165, 1.54) is 12.0 Å². The molecule has 3 rings (SSSR count). The molecule has 0 aliphatic heterocycles. The van der Waals surface area contributed by atoms with Crippen molar-refractivity contribution in [3.05, 3.63) is 49.1 Å². The van der Waals surface area contributed by atoms with Crippen molar-refractivity contribution in [3.63, 3.8) is 0 Å². The molecule has 1 heterocycles. The highest BCUT2D eigenvalue weighted by Gasteiger charge is 2.33. The minimum Gasteiger partial charge on any atom is -0.487 e. The Morgan fingerprint density at radius 3 is 2.78 bits per heavy atom. The average molecular weight is 509 g/mol. The van der Waals surface area contributed by atoms with Gasteiger partial charge in [-0.15, -0.1) is 0 Å². The van der Waals surface area contributed by atoms with Crippen LogP contribution in [0.25, 0.3) is 0 Å². The maximum absolute atomic E-state index is 6.16. The smallest absolute Gasteiger partial charge is 0.214 e. The normalized spacial score (nSPS) is 20.0. The number of benzene rings is 1. The van der Waals surface area contributed by atoms with Crippen LogP contribution in [-0.4, -0.2) is 18.2 Å². The minimum atomic E-state index is 0.237. The fraction of sp³-hybridized carbons (Fsp3) is 0.353. The van der Waals surface area contributed by atoms with Crippen molar-refractivity contribution in [3.8, 4) is 11.6 Å². The molecule has 2 atom stereocenters. The maximum atomic E-state index is 6.16. The monoisotopic (exact) mass is 507 g/mol. The van der Waals surface area contributed by atoms with Crippen LogP contribution >= 0.6 is 50.1 Å². The molecule has 1 aromatic heterocycles. The number of rotatable bonds is 5. The topological polar surface area (TPSA) is 31.4 Å². The summed E-state index contributed by atoms with van der Waals surface area (Å²) in [6.07, 6.45) is 5.23. The van der Waals surface area contributed by atoms with Gasteiger partial charge in [-0.05, 0) is 59.5 Å². The van der Waals surface area contributed by atoms with Crippen molar-refractivity contribution < 1.29 is 9.47 Å². The summed E-state index contributed by atoms with van der Waals surface area (Å²) in [5, 5.41) is 0.751. The molecule has 2 aromatic rings. The van der Waals surface area contributed by atoms with Gasteiger partial charge in [0.15, 0.2) is 5.75 Å². The highest BCUT2D eigenvalue weighted by molar-refractivity contribution is 14.1. The van der Waals surface area contributed by atoms with E-state index in [9.17, 15) is 0 Å². The summed E-state index contributed by atoms with van der Waals surface area (Å²) in [6.45, 7) is 0. The van der Waals surface area contributed by atoms with Crippen molar-refractivity contribution in [2.24, 2.45) is 5.92 Å². The van der Waals surface area contributed by atoms with Crippen molar-refractivity contribution in [2.75, 3.05) is 7.11 Å². The first kappa shape index (κ1) is 17.3. The molecule has 1 aliphatic rings. The molecule has 23 heavy (non-hydrogen) atoms. The summed E-state index contributed by atoms with van der Waals surface area (Å²) in [5.74, 6) is 1.96. The van der Waals surface area contributed by atoms with Crippen LogP contribution in [0.15, 0.2) is 34.9 Å². The van der Waals surface area contributed by atoms with E-state index in [1.54, 1.807) is 13.3 Å². The van der Waals surface area contributed by atoms with Gasteiger partial charge in [0.2, 0.25) is 5.88 Å². The molecular weight excluding hydrogens is 492 g/mol. The zero-order chi connectivity index (χ0) is 16.4. The van der Waals surface area contributed by atoms with Gasteiger partial charge in [-0.2, -0.15) is 0 Å². The summed E-state index contributed by atoms with van der Waals surface area (Å²) in [7, 11) is 1.62. The van der Waals surface area contributed by atoms with E-state index >= 15 is 0 Å². The second-order valence-corrected chi connectivity index (χ2v) is 8.04. The second-order valence-electron chi connectivity index (χ2n) is 5.59. The molecule has 1 saturated carbocycles. The molecule has 0 saturated heterocycles. The third-order valence-electron chi connectivity index (χ3n) is 4.13. The van der Waals surface area contributed by atoms with Gasteiger partial charge >= 0.3 is 0 Å². The van der Waals surface area contributed by atoms with Crippen LogP contribution in [0.3, 0.4) is 0 Å². The van der Waals surface area contributed by atoms with Crippen LogP contribution < -0.4 is 9.47 Å². The largest absolute Gasteiger partial charge is 0.487 e. The zero-order valence-corrected chi connectivity index (χ0v) is 17.1. The molecule has 1 fully saturated rings. The van der Waals surface area contributed by atoms with Gasteiger partial charge in [0.1, 0.15) is 6.10 Å². The van der Waals surface area contributed by atoms with E-state index < -0.39 is 0 Å². The van der Waals surface area contributed by atoms with Crippen LogP contribution in [0.1, 0.15) is 18.4 Å². The number of ether oxygens (including phenoxy) is 2. The summed E-state index contributed by atoms with van der Waals surface area (Å²) in [6, 6.07) is 7.86. The average Bonchev–Trinajstić information content (AvgIpc) is 2.51.